The molecule has 0 heterocycles. The largest absolute Gasteiger partial charge is 0.496 e. The van der Waals surface area contributed by atoms with Gasteiger partial charge in [-0.25, -0.2) is 5.43 Å². The minimum atomic E-state index is -0.363. The fourth-order valence-corrected chi connectivity index (χ4v) is 3.24. The van der Waals surface area contributed by atoms with Crippen molar-refractivity contribution in [3.8, 4) is 17.2 Å². The van der Waals surface area contributed by atoms with E-state index in [0.717, 1.165) is 15.6 Å². The molecular formula is C24H23BrN2O4. The number of ether oxygens (including phenoxy) is 3. The minimum Gasteiger partial charge on any atom is -0.496 e. The number of methoxy groups -OCH3 is 1. The quantitative estimate of drug-likeness (QED) is 0.336. The Morgan fingerprint density at radius 1 is 1.00 bits per heavy atom. The first-order valence-electron chi connectivity index (χ1n) is 9.71. The highest BCUT2D eigenvalue weighted by Crippen LogP contribution is 2.33. The molecule has 0 aliphatic rings. The lowest BCUT2D eigenvalue weighted by molar-refractivity contribution is 0.0952. The Bertz CT molecular complexity index is 1050. The molecule has 0 saturated heterocycles. The first-order valence-corrected chi connectivity index (χ1v) is 10.5. The molecule has 0 aliphatic carbocycles. The van der Waals surface area contributed by atoms with Crippen LogP contribution in [0.2, 0.25) is 0 Å². The molecule has 0 radical (unpaired) electrons. The Kier molecular flexibility index (Phi) is 8.06. The summed E-state index contributed by atoms with van der Waals surface area (Å²) in [6.45, 7) is 2.82. The zero-order chi connectivity index (χ0) is 22.1. The molecular weight excluding hydrogens is 460 g/mol. The van der Waals surface area contributed by atoms with Gasteiger partial charge in [-0.2, -0.15) is 5.10 Å². The molecule has 0 aromatic heterocycles. The van der Waals surface area contributed by atoms with Gasteiger partial charge in [0.25, 0.3) is 5.91 Å². The van der Waals surface area contributed by atoms with Gasteiger partial charge >= 0.3 is 0 Å². The van der Waals surface area contributed by atoms with Gasteiger partial charge in [0.1, 0.15) is 12.4 Å². The summed E-state index contributed by atoms with van der Waals surface area (Å²) in [4.78, 5) is 12.4. The van der Waals surface area contributed by atoms with E-state index in [1.165, 1.54) is 7.11 Å². The molecule has 0 aliphatic heterocycles. The van der Waals surface area contributed by atoms with Crippen LogP contribution in [0, 0.1) is 0 Å². The van der Waals surface area contributed by atoms with Gasteiger partial charge in [0.05, 0.1) is 25.5 Å². The van der Waals surface area contributed by atoms with E-state index in [9.17, 15) is 4.79 Å². The lowest BCUT2D eigenvalue weighted by Crippen LogP contribution is -2.18. The van der Waals surface area contributed by atoms with E-state index in [2.05, 4.69) is 26.5 Å². The van der Waals surface area contributed by atoms with Crippen LogP contribution in [0.1, 0.15) is 28.4 Å². The van der Waals surface area contributed by atoms with E-state index < -0.39 is 0 Å². The summed E-state index contributed by atoms with van der Waals surface area (Å²) in [5, 5.41) is 4.07. The number of benzene rings is 3. The molecule has 1 amide bonds. The van der Waals surface area contributed by atoms with Crippen molar-refractivity contribution in [3.63, 3.8) is 0 Å². The lowest BCUT2D eigenvalue weighted by atomic mass is 10.2. The fraction of sp³-hybridized carbons (Fsp3) is 0.167. The number of halogens is 1. The predicted molar refractivity (Wildman–Crippen MR) is 124 cm³/mol. The Morgan fingerprint density at radius 2 is 1.71 bits per heavy atom. The number of carbonyl (C=O) groups is 1. The number of nitrogens with zero attached hydrogens (tertiary/aromatic N) is 1. The Balaban J connectivity index is 1.73. The highest BCUT2D eigenvalue weighted by molar-refractivity contribution is 9.10. The molecule has 0 bridgehead atoms. The smallest absolute Gasteiger partial charge is 0.275 e. The van der Waals surface area contributed by atoms with Gasteiger partial charge in [0.2, 0.25) is 0 Å². The number of carbonyl (C=O) groups excluding carboxylic acids is 1. The van der Waals surface area contributed by atoms with E-state index in [4.69, 9.17) is 14.2 Å². The zero-order valence-electron chi connectivity index (χ0n) is 17.3. The van der Waals surface area contributed by atoms with E-state index in [-0.39, 0.29) is 5.91 Å². The molecule has 0 fully saturated rings. The number of hydrogen-bond donors (Lipinski definition) is 1. The normalized spacial score (nSPS) is 10.7. The second-order valence-corrected chi connectivity index (χ2v) is 7.28. The van der Waals surface area contributed by atoms with Crippen LogP contribution in [0.4, 0.5) is 0 Å². The number of hydrogen-bond acceptors (Lipinski definition) is 5. The van der Waals surface area contributed by atoms with E-state index in [1.807, 2.05) is 49.4 Å². The SMILES string of the molecule is CCOc1cc(/C=N\NC(=O)c2ccccc2OC)c(Br)cc1OCc1ccccc1. The third-order valence-electron chi connectivity index (χ3n) is 4.32. The van der Waals surface area contributed by atoms with Crippen LogP contribution in [-0.4, -0.2) is 25.8 Å². The third kappa shape index (κ3) is 6.08. The zero-order valence-corrected chi connectivity index (χ0v) is 18.9. The molecule has 31 heavy (non-hydrogen) atoms. The van der Waals surface area contributed by atoms with E-state index in [0.29, 0.717) is 36.0 Å². The minimum absolute atomic E-state index is 0.363. The highest BCUT2D eigenvalue weighted by Gasteiger charge is 2.12. The van der Waals surface area contributed by atoms with Crippen LogP contribution >= 0.6 is 15.9 Å². The van der Waals surface area contributed by atoms with E-state index in [1.54, 1.807) is 30.5 Å². The van der Waals surface area contributed by atoms with Crippen molar-refractivity contribution in [3.05, 3.63) is 87.9 Å². The van der Waals surface area contributed by atoms with Crippen LogP contribution in [0.5, 0.6) is 17.2 Å². The Labute approximate surface area is 190 Å². The van der Waals surface area contributed by atoms with Gasteiger partial charge in [-0.15, -0.1) is 0 Å². The molecule has 6 nitrogen and oxygen atoms in total. The summed E-state index contributed by atoms with van der Waals surface area (Å²) in [6.07, 6.45) is 1.54. The molecule has 160 valence electrons. The van der Waals surface area contributed by atoms with Crippen LogP contribution in [0.15, 0.2) is 76.3 Å². The van der Waals surface area contributed by atoms with Crippen LogP contribution in [0.3, 0.4) is 0 Å². The first-order chi connectivity index (χ1) is 15.1. The van der Waals surface area contributed by atoms with Crippen molar-refractivity contribution in [2.45, 2.75) is 13.5 Å². The fourth-order valence-electron chi connectivity index (χ4n) is 2.82. The van der Waals surface area contributed by atoms with Gasteiger partial charge in [-0.05, 0) is 52.7 Å². The van der Waals surface area contributed by atoms with E-state index >= 15 is 0 Å². The van der Waals surface area contributed by atoms with Crippen molar-refractivity contribution < 1.29 is 19.0 Å². The highest BCUT2D eigenvalue weighted by atomic mass is 79.9. The summed E-state index contributed by atoms with van der Waals surface area (Å²) in [5.41, 5.74) is 4.72. The van der Waals surface area contributed by atoms with Gasteiger partial charge in [0, 0.05) is 10.0 Å². The number of nitrogens with one attached hydrogen (secondary N) is 1. The maximum Gasteiger partial charge on any atom is 0.275 e. The van der Waals surface area contributed by atoms with Gasteiger partial charge in [0.15, 0.2) is 11.5 Å². The maximum absolute atomic E-state index is 12.4. The van der Waals surface area contributed by atoms with Crippen molar-refractivity contribution >= 4 is 28.1 Å². The average molecular weight is 483 g/mol. The summed E-state index contributed by atoms with van der Waals surface area (Å²) in [6, 6.07) is 20.5. The van der Waals surface area contributed by atoms with Gasteiger partial charge in [-0.1, -0.05) is 42.5 Å². The van der Waals surface area contributed by atoms with Crippen LogP contribution < -0.4 is 19.6 Å². The van der Waals surface area contributed by atoms with Crippen LogP contribution in [0.25, 0.3) is 0 Å². The summed E-state index contributed by atoms with van der Waals surface area (Å²) < 4.78 is 17.7. The lowest BCUT2D eigenvalue weighted by Gasteiger charge is -2.14. The number of para-hydroxylation sites is 1. The van der Waals surface area contributed by atoms with Crippen molar-refractivity contribution in [2.24, 2.45) is 5.10 Å². The topological polar surface area (TPSA) is 69.2 Å². The molecule has 3 rings (SSSR count). The summed E-state index contributed by atoms with van der Waals surface area (Å²) in [7, 11) is 1.52. The van der Waals surface area contributed by atoms with Crippen molar-refractivity contribution in [2.75, 3.05) is 13.7 Å². The number of amides is 1. The molecule has 0 unspecified atom stereocenters. The molecule has 1 N–H and O–H groups in total. The molecule has 0 atom stereocenters. The first kappa shape index (κ1) is 22.4. The summed E-state index contributed by atoms with van der Waals surface area (Å²) in [5.74, 6) is 1.33. The van der Waals surface area contributed by atoms with Crippen LogP contribution in [-0.2, 0) is 6.61 Å². The van der Waals surface area contributed by atoms with Gasteiger partial charge in [-0.3, -0.25) is 4.79 Å². The van der Waals surface area contributed by atoms with Crippen molar-refractivity contribution in [1.82, 2.24) is 5.43 Å². The molecule has 0 spiro atoms. The molecule has 3 aromatic rings. The molecule has 7 heteroatoms. The summed E-state index contributed by atoms with van der Waals surface area (Å²) >= 11 is 3.53. The monoisotopic (exact) mass is 482 g/mol. The number of rotatable bonds is 9. The average Bonchev–Trinajstić information content (AvgIpc) is 2.80. The maximum atomic E-state index is 12.4. The van der Waals surface area contributed by atoms with Gasteiger partial charge < -0.3 is 14.2 Å². The standard InChI is InChI=1S/C24H23BrN2O4/c1-3-30-22-13-18(15-26-27-24(28)19-11-7-8-12-21(19)29-2)20(25)14-23(22)31-16-17-9-5-4-6-10-17/h4-15H,3,16H2,1-2H3,(H,27,28)/b26-15-. The van der Waals surface area contributed by atoms with Crippen molar-refractivity contribution in [1.29, 1.82) is 0 Å². The number of hydrazone groups is 1. The Hall–Kier alpha value is -3.32. The predicted octanol–water partition coefficient (Wildman–Crippen LogP) is 5.20. The Morgan fingerprint density at radius 3 is 2.45 bits per heavy atom. The molecule has 3 aromatic carbocycles. The second kappa shape index (κ2) is 11.2. The molecule has 0 saturated carbocycles. The second-order valence-electron chi connectivity index (χ2n) is 6.43. The third-order valence-corrected chi connectivity index (χ3v) is 5.01.